The lowest BCUT2D eigenvalue weighted by Crippen LogP contribution is -2.29. The van der Waals surface area contributed by atoms with E-state index in [1.54, 1.807) is 17.5 Å². The normalized spacial score (nSPS) is 13.9. The van der Waals surface area contributed by atoms with Crippen molar-refractivity contribution in [2.24, 2.45) is 0 Å². The van der Waals surface area contributed by atoms with Crippen molar-refractivity contribution in [3.05, 3.63) is 82.9 Å². The molecule has 0 saturated carbocycles. The first-order valence-electron chi connectivity index (χ1n) is 9.51. The third-order valence-electron chi connectivity index (χ3n) is 5.10. The van der Waals surface area contributed by atoms with Crippen LogP contribution >= 0.6 is 11.3 Å². The third-order valence-corrected chi connectivity index (χ3v) is 6.10. The molecule has 5 rings (SSSR count). The van der Waals surface area contributed by atoms with E-state index in [2.05, 4.69) is 67.6 Å². The summed E-state index contributed by atoms with van der Waals surface area (Å²) in [5.41, 5.74) is 2.71. The van der Waals surface area contributed by atoms with Gasteiger partial charge in [-0.25, -0.2) is 9.97 Å². The van der Waals surface area contributed by atoms with E-state index in [1.165, 1.54) is 33.6 Å². The first kappa shape index (κ1) is 17.9. The molecule has 3 heterocycles. The minimum atomic E-state index is -0.281. The Morgan fingerprint density at radius 2 is 2.03 bits per heavy atom. The fourth-order valence-corrected chi connectivity index (χ4v) is 4.73. The van der Waals surface area contributed by atoms with E-state index >= 15 is 0 Å². The topological polar surface area (TPSA) is 71.0 Å². The first-order valence-corrected chi connectivity index (χ1v) is 10.3. The standard InChI is InChI=1S/C22H19N5OS/c28-21(19-12-23-9-10-24-19)26-22-25-18-8-11-27(14-20(18)29-22)13-16-6-3-5-15-4-1-2-7-17(15)16/h1-7,9-10,12H,8,11,13-14H2,(H,25,26,28). The summed E-state index contributed by atoms with van der Waals surface area (Å²) in [7, 11) is 0. The van der Waals surface area contributed by atoms with Gasteiger partial charge in [-0.2, -0.15) is 0 Å². The lowest BCUT2D eigenvalue weighted by atomic mass is 10.0. The summed E-state index contributed by atoms with van der Waals surface area (Å²) in [5.74, 6) is -0.281. The Hall–Kier alpha value is -3.16. The predicted molar refractivity (Wildman–Crippen MR) is 114 cm³/mol. The van der Waals surface area contributed by atoms with Gasteiger partial charge in [0.15, 0.2) is 5.13 Å². The van der Waals surface area contributed by atoms with Crippen LogP contribution in [0.4, 0.5) is 5.13 Å². The number of hydrogen-bond donors (Lipinski definition) is 1. The number of aromatic nitrogens is 3. The summed E-state index contributed by atoms with van der Waals surface area (Å²) in [6, 6.07) is 15.0. The van der Waals surface area contributed by atoms with Crippen molar-refractivity contribution in [3.8, 4) is 0 Å². The van der Waals surface area contributed by atoms with Gasteiger partial charge in [-0.3, -0.25) is 20.0 Å². The van der Waals surface area contributed by atoms with Gasteiger partial charge in [0.25, 0.3) is 5.91 Å². The van der Waals surface area contributed by atoms with Crippen molar-refractivity contribution in [2.75, 3.05) is 11.9 Å². The Morgan fingerprint density at radius 1 is 1.14 bits per heavy atom. The Bertz CT molecular complexity index is 1170. The van der Waals surface area contributed by atoms with Gasteiger partial charge in [-0.05, 0) is 16.3 Å². The van der Waals surface area contributed by atoms with Crippen LogP contribution in [0.15, 0.2) is 61.1 Å². The highest BCUT2D eigenvalue weighted by Crippen LogP contribution is 2.30. The van der Waals surface area contributed by atoms with Gasteiger partial charge < -0.3 is 0 Å². The van der Waals surface area contributed by atoms with E-state index in [1.807, 2.05) is 0 Å². The van der Waals surface area contributed by atoms with Gasteiger partial charge in [0.1, 0.15) is 5.69 Å². The molecule has 2 aromatic heterocycles. The molecule has 144 valence electrons. The molecule has 0 bridgehead atoms. The van der Waals surface area contributed by atoms with Gasteiger partial charge in [0.2, 0.25) is 0 Å². The van der Waals surface area contributed by atoms with Crippen LogP contribution < -0.4 is 5.32 Å². The number of benzene rings is 2. The summed E-state index contributed by atoms with van der Waals surface area (Å²) >= 11 is 1.54. The number of amides is 1. The molecule has 4 aromatic rings. The number of fused-ring (bicyclic) bond motifs is 2. The molecule has 6 nitrogen and oxygen atoms in total. The molecule has 0 spiro atoms. The van der Waals surface area contributed by atoms with Crippen LogP contribution in [0.3, 0.4) is 0 Å². The van der Waals surface area contributed by atoms with Crippen molar-refractivity contribution < 1.29 is 4.79 Å². The van der Waals surface area contributed by atoms with Crippen LogP contribution in [0.25, 0.3) is 10.8 Å². The van der Waals surface area contributed by atoms with E-state index in [9.17, 15) is 4.79 Å². The number of nitrogens with one attached hydrogen (secondary N) is 1. The van der Waals surface area contributed by atoms with Gasteiger partial charge in [-0.1, -0.05) is 42.5 Å². The molecule has 0 fully saturated rings. The average Bonchev–Trinajstić information content (AvgIpc) is 3.16. The van der Waals surface area contributed by atoms with Gasteiger partial charge >= 0.3 is 0 Å². The van der Waals surface area contributed by atoms with Gasteiger partial charge in [0.05, 0.1) is 11.9 Å². The maximum Gasteiger partial charge on any atom is 0.277 e. The zero-order chi connectivity index (χ0) is 19.6. The van der Waals surface area contributed by atoms with E-state index in [4.69, 9.17) is 0 Å². The summed E-state index contributed by atoms with van der Waals surface area (Å²) in [5, 5.41) is 6.05. The minimum absolute atomic E-state index is 0.281. The number of carbonyl (C=O) groups excluding carboxylic acids is 1. The molecule has 2 aromatic carbocycles. The van der Waals surface area contributed by atoms with E-state index in [0.29, 0.717) is 10.8 Å². The highest BCUT2D eigenvalue weighted by atomic mass is 32.1. The van der Waals surface area contributed by atoms with Crippen molar-refractivity contribution in [2.45, 2.75) is 19.5 Å². The van der Waals surface area contributed by atoms with Crippen molar-refractivity contribution >= 4 is 33.1 Å². The van der Waals surface area contributed by atoms with E-state index in [-0.39, 0.29) is 5.91 Å². The zero-order valence-electron chi connectivity index (χ0n) is 15.7. The monoisotopic (exact) mass is 401 g/mol. The highest BCUT2D eigenvalue weighted by Gasteiger charge is 2.22. The molecule has 29 heavy (non-hydrogen) atoms. The number of anilines is 1. The van der Waals surface area contributed by atoms with Crippen LogP contribution in [0.5, 0.6) is 0 Å². The van der Waals surface area contributed by atoms with Crippen molar-refractivity contribution in [1.29, 1.82) is 0 Å². The molecule has 0 aliphatic carbocycles. The van der Waals surface area contributed by atoms with Crippen LogP contribution in [-0.2, 0) is 19.5 Å². The SMILES string of the molecule is O=C(Nc1nc2c(s1)CN(Cc1cccc3ccccc13)CC2)c1cnccn1. The molecule has 0 saturated heterocycles. The summed E-state index contributed by atoms with van der Waals surface area (Å²) in [4.78, 5) is 28.5. The van der Waals surface area contributed by atoms with E-state index < -0.39 is 0 Å². The maximum atomic E-state index is 12.3. The number of carbonyl (C=O) groups is 1. The zero-order valence-corrected chi connectivity index (χ0v) is 16.5. The minimum Gasteiger partial charge on any atom is -0.296 e. The summed E-state index contributed by atoms with van der Waals surface area (Å²) in [6.45, 7) is 2.70. The Kier molecular flexibility index (Phi) is 4.75. The van der Waals surface area contributed by atoms with Crippen LogP contribution in [-0.4, -0.2) is 32.3 Å². The predicted octanol–water partition coefficient (Wildman–Crippen LogP) is 3.90. The second-order valence-electron chi connectivity index (χ2n) is 7.03. The second-order valence-corrected chi connectivity index (χ2v) is 8.12. The quantitative estimate of drug-likeness (QED) is 0.562. The van der Waals surface area contributed by atoms with Gasteiger partial charge in [-0.15, -0.1) is 11.3 Å². The van der Waals surface area contributed by atoms with Crippen molar-refractivity contribution in [3.63, 3.8) is 0 Å². The molecule has 0 atom stereocenters. The molecule has 1 aliphatic heterocycles. The molecular formula is C22H19N5OS. The molecule has 1 N–H and O–H groups in total. The smallest absolute Gasteiger partial charge is 0.277 e. The van der Waals surface area contributed by atoms with Crippen LogP contribution in [0.1, 0.15) is 26.6 Å². The summed E-state index contributed by atoms with van der Waals surface area (Å²) < 4.78 is 0. The fraction of sp³-hybridized carbons (Fsp3) is 0.182. The van der Waals surface area contributed by atoms with E-state index in [0.717, 1.165) is 31.7 Å². The van der Waals surface area contributed by atoms with Gasteiger partial charge in [0, 0.05) is 43.3 Å². The molecule has 7 heteroatoms. The molecule has 0 unspecified atom stereocenters. The van der Waals surface area contributed by atoms with Crippen LogP contribution in [0.2, 0.25) is 0 Å². The maximum absolute atomic E-state index is 12.3. The average molecular weight is 401 g/mol. The highest BCUT2D eigenvalue weighted by molar-refractivity contribution is 7.15. The Morgan fingerprint density at radius 3 is 2.93 bits per heavy atom. The first-order chi connectivity index (χ1) is 14.3. The third kappa shape index (κ3) is 3.74. The largest absolute Gasteiger partial charge is 0.296 e. The molecular weight excluding hydrogens is 382 g/mol. The molecule has 1 amide bonds. The van der Waals surface area contributed by atoms with Crippen molar-refractivity contribution in [1.82, 2.24) is 19.9 Å². The number of rotatable bonds is 4. The molecule has 0 radical (unpaired) electrons. The van der Waals surface area contributed by atoms with Crippen LogP contribution in [0, 0.1) is 0 Å². The Labute approximate surface area is 172 Å². The number of thiazole rings is 1. The lowest BCUT2D eigenvalue weighted by Gasteiger charge is -2.26. The molecule has 1 aliphatic rings. The number of hydrogen-bond acceptors (Lipinski definition) is 6. The summed E-state index contributed by atoms with van der Waals surface area (Å²) in [6.07, 6.45) is 5.39. The lowest BCUT2D eigenvalue weighted by molar-refractivity contribution is 0.102. The second kappa shape index (κ2) is 7.69. The fourth-order valence-electron chi connectivity index (χ4n) is 3.69. The number of nitrogens with zero attached hydrogens (tertiary/aromatic N) is 4. The Balaban J connectivity index is 1.31.